The molecule has 3 fully saturated rings. The molecule has 1 aliphatic carbocycles. The highest BCUT2D eigenvalue weighted by molar-refractivity contribution is 7.99. The van der Waals surface area contributed by atoms with Gasteiger partial charge in [0.1, 0.15) is 5.54 Å². The topological polar surface area (TPSA) is 49.4 Å². The maximum absolute atomic E-state index is 12.9. The highest BCUT2D eigenvalue weighted by Crippen LogP contribution is 2.35. The first-order chi connectivity index (χ1) is 9.21. The van der Waals surface area contributed by atoms with Gasteiger partial charge < -0.3 is 10.2 Å². The molecule has 2 amide bonds. The molecule has 19 heavy (non-hydrogen) atoms. The van der Waals surface area contributed by atoms with Gasteiger partial charge >= 0.3 is 0 Å². The molecule has 0 atom stereocenters. The molecule has 5 heteroatoms. The minimum absolute atomic E-state index is 0.0583. The lowest BCUT2D eigenvalue weighted by Gasteiger charge is -2.38. The van der Waals surface area contributed by atoms with Gasteiger partial charge in [0.2, 0.25) is 11.8 Å². The number of nitrogens with zero attached hydrogens (tertiary/aromatic N) is 1. The zero-order valence-corrected chi connectivity index (χ0v) is 12.1. The van der Waals surface area contributed by atoms with Gasteiger partial charge in [-0.05, 0) is 37.2 Å². The van der Waals surface area contributed by atoms with Crippen molar-refractivity contribution in [1.82, 2.24) is 10.2 Å². The Morgan fingerprint density at radius 1 is 1.16 bits per heavy atom. The summed E-state index contributed by atoms with van der Waals surface area (Å²) < 4.78 is 0. The highest BCUT2D eigenvalue weighted by Gasteiger charge is 2.47. The Morgan fingerprint density at radius 3 is 2.53 bits per heavy atom. The summed E-state index contributed by atoms with van der Waals surface area (Å²) in [4.78, 5) is 26.9. The molecule has 0 unspecified atom stereocenters. The zero-order valence-electron chi connectivity index (χ0n) is 11.3. The van der Waals surface area contributed by atoms with Crippen molar-refractivity contribution in [2.75, 3.05) is 18.1 Å². The lowest BCUT2D eigenvalue weighted by Crippen LogP contribution is -2.57. The second kappa shape index (κ2) is 5.35. The van der Waals surface area contributed by atoms with Crippen LogP contribution in [0.3, 0.4) is 0 Å². The fourth-order valence-electron chi connectivity index (χ4n) is 3.64. The molecular formula is C14H22N2O2S. The quantitative estimate of drug-likeness (QED) is 0.794. The van der Waals surface area contributed by atoms with Crippen LogP contribution < -0.4 is 5.32 Å². The van der Waals surface area contributed by atoms with E-state index in [4.69, 9.17) is 0 Å². The average molecular weight is 282 g/mol. The molecular weight excluding hydrogens is 260 g/mol. The van der Waals surface area contributed by atoms with Gasteiger partial charge in [0.25, 0.3) is 0 Å². The average Bonchev–Trinajstić information content (AvgIpc) is 2.85. The summed E-state index contributed by atoms with van der Waals surface area (Å²) in [5.41, 5.74) is -0.557. The molecule has 1 saturated carbocycles. The third-order valence-electron chi connectivity index (χ3n) is 4.72. The van der Waals surface area contributed by atoms with Gasteiger partial charge in [-0.1, -0.05) is 12.8 Å². The summed E-state index contributed by atoms with van der Waals surface area (Å²) in [7, 11) is 0. The van der Waals surface area contributed by atoms with E-state index in [9.17, 15) is 9.59 Å². The molecule has 0 aromatic heterocycles. The summed E-state index contributed by atoms with van der Waals surface area (Å²) in [6.07, 6.45) is 6.41. The normalized spacial score (nSPS) is 28.5. The first-order valence-corrected chi connectivity index (χ1v) is 8.57. The van der Waals surface area contributed by atoms with Gasteiger partial charge in [-0.15, -0.1) is 0 Å². The van der Waals surface area contributed by atoms with E-state index < -0.39 is 5.54 Å². The first-order valence-electron chi connectivity index (χ1n) is 7.41. The Bertz CT molecular complexity index is 374. The molecule has 2 aliphatic heterocycles. The Balaban J connectivity index is 1.82. The van der Waals surface area contributed by atoms with Crippen LogP contribution in [0.4, 0.5) is 0 Å². The van der Waals surface area contributed by atoms with Crippen LogP contribution in [0, 0.1) is 0 Å². The monoisotopic (exact) mass is 282 g/mol. The molecule has 0 radical (unpaired) electrons. The molecule has 106 valence electrons. The second-order valence-corrected chi connectivity index (χ2v) is 7.15. The predicted octanol–water partition coefficient (Wildman–Crippen LogP) is 1.54. The number of hydrogen-bond acceptors (Lipinski definition) is 3. The molecule has 1 spiro atoms. The SMILES string of the molecule is O=C1CCN(C2CCSCC2)C(=O)C2(CCCC2)N1. The van der Waals surface area contributed by atoms with Crippen LogP contribution >= 0.6 is 11.8 Å². The minimum Gasteiger partial charge on any atom is -0.342 e. The van der Waals surface area contributed by atoms with Gasteiger partial charge in [0, 0.05) is 19.0 Å². The maximum Gasteiger partial charge on any atom is 0.248 e. The van der Waals surface area contributed by atoms with E-state index in [1.807, 2.05) is 16.7 Å². The third-order valence-corrected chi connectivity index (χ3v) is 5.77. The standard InChI is InChI=1S/C14H22N2O2S/c17-12-3-8-16(11-4-9-19-10-5-11)13(18)14(15-12)6-1-2-7-14/h11H,1-10H2,(H,15,17). The summed E-state index contributed by atoms with van der Waals surface area (Å²) >= 11 is 1.97. The summed E-state index contributed by atoms with van der Waals surface area (Å²) in [6, 6.07) is 0.360. The van der Waals surface area contributed by atoms with E-state index >= 15 is 0 Å². The van der Waals surface area contributed by atoms with E-state index in [1.165, 1.54) is 0 Å². The molecule has 1 N–H and O–H groups in total. The number of hydrogen-bond donors (Lipinski definition) is 1. The first kappa shape index (κ1) is 13.3. The Morgan fingerprint density at radius 2 is 1.84 bits per heavy atom. The molecule has 3 aliphatic rings. The largest absolute Gasteiger partial charge is 0.342 e. The number of nitrogens with one attached hydrogen (secondary N) is 1. The molecule has 0 bridgehead atoms. The van der Waals surface area contributed by atoms with Gasteiger partial charge in [-0.3, -0.25) is 9.59 Å². The van der Waals surface area contributed by atoms with Crippen molar-refractivity contribution in [2.24, 2.45) is 0 Å². The van der Waals surface area contributed by atoms with Gasteiger partial charge in [0.15, 0.2) is 0 Å². The van der Waals surface area contributed by atoms with Crippen molar-refractivity contribution in [3.05, 3.63) is 0 Å². The van der Waals surface area contributed by atoms with Crippen LogP contribution in [0.5, 0.6) is 0 Å². The number of amides is 2. The van der Waals surface area contributed by atoms with E-state index in [0.29, 0.717) is 19.0 Å². The van der Waals surface area contributed by atoms with Gasteiger partial charge in [-0.2, -0.15) is 11.8 Å². The Kier molecular flexibility index (Phi) is 3.74. The fraction of sp³-hybridized carbons (Fsp3) is 0.857. The number of thioether (sulfide) groups is 1. The number of carbonyl (C=O) groups excluding carboxylic acids is 2. The maximum atomic E-state index is 12.9. The van der Waals surface area contributed by atoms with Crippen LogP contribution in [0.25, 0.3) is 0 Å². The van der Waals surface area contributed by atoms with E-state index in [2.05, 4.69) is 5.32 Å². The van der Waals surface area contributed by atoms with Crippen LogP contribution in [-0.4, -0.2) is 46.3 Å². The predicted molar refractivity (Wildman–Crippen MR) is 76.0 cm³/mol. The van der Waals surface area contributed by atoms with Crippen molar-refractivity contribution < 1.29 is 9.59 Å². The molecule has 2 saturated heterocycles. The summed E-state index contributed by atoms with van der Waals surface area (Å²) in [5.74, 6) is 2.54. The molecule has 0 aromatic rings. The number of rotatable bonds is 1. The highest BCUT2D eigenvalue weighted by atomic mass is 32.2. The van der Waals surface area contributed by atoms with Crippen LogP contribution in [0.15, 0.2) is 0 Å². The van der Waals surface area contributed by atoms with Crippen molar-refractivity contribution in [2.45, 2.75) is 56.5 Å². The minimum atomic E-state index is -0.557. The number of carbonyl (C=O) groups is 2. The van der Waals surface area contributed by atoms with Crippen molar-refractivity contribution in [3.8, 4) is 0 Å². The van der Waals surface area contributed by atoms with Crippen LogP contribution in [-0.2, 0) is 9.59 Å². The molecule has 0 aromatic carbocycles. The van der Waals surface area contributed by atoms with Crippen molar-refractivity contribution >= 4 is 23.6 Å². The summed E-state index contributed by atoms with van der Waals surface area (Å²) in [5, 5.41) is 3.04. The fourth-order valence-corrected chi connectivity index (χ4v) is 4.73. The lowest BCUT2D eigenvalue weighted by atomic mass is 9.94. The van der Waals surface area contributed by atoms with E-state index in [-0.39, 0.29) is 11.8 Å². The Labute approximate surface area is 118 Å². The van der Waals surface area contributed by atoms with Crippen LogP contribution in [0.2, 0.25) is 0 Å². The van der Waals surface area contributed by atoms with Crippen LogP contribution in [0.1, 0.15) is 44.9 Å². The van der Waals surface area contributed by atoms with Gasteiger partial charge in [-0.25, -0.2) is 0 Å². The van der Waals surface area contributed by atoms with E-state index in [0.717, 1.165) is 50.0 Å². The van der Waals surface area contributed by atoms with E-state index in [1.54, 1.807) is 0 Å². The second-order valence-electron chi connectivity index (χ2n) is 5.93. The zero-order chi connectivity index (χ0) is 13.3. The van der Waals surface area contributed by atoms with Crippen molar-refractivity contribution in [3.63, 3.8) is 0 Å². The summed E-state index contributed by atoms with van der Waals surface area (Å²) in [6.45, 7) is 0.613. The molecule has 2 heterocycles. The molecule has 3 rings (SSSR count). The Hall–Kier alpha value is -0.710. The molecule has 4 nitrogen and oxygen atoms in total. The smallest absolute Gasteiger partial charge is 0.248 e. The lowest BCUT2D eigenvalue weighted by molar-refractivity contribution is -0.140. The van der Waals surface area contributed by atoms with Gasteiger partial charge in [0.05, 0.1) is 0 Å². The third kappa shape index (κ3) is 2.49. The van der Waals surface area contributed by atoms with Crippen molar-refractivity contribution in [1.29, 1.82) is 0 Å².